The zero-order valence-electron chi connectivity index (χ0n) is 7.78. The summed E-state index contributed by atoms with van der Waals surface area (Å²) < 4.78 is 19.0. The molecule has 0 radical (unpaired) electrons. The maximum atomic E-state index is 13.0. The highest BCUT2D eigenvalue weighted by Crippen LogP contribution is 2.27. The summed E-state index contributed by atoms with van der Waals surface area (Å²) in [5.41, 5.74) is 6.61. The highest BCUT2D eigenvalue weighted by atomic mass is 79.9. The van der Waals surface area contributed by atoms with Crippen LogP contribution in [-0.4, -0.2) is 0 Å². The zero-order valence-corrected chi connectivity index (χ0v) is 9.37. The number of rotatable bonds is 2. The van der Waals surface area contributed by atoms with E-state index in [2.05, 4.69) is 15.9 Å². The molecular weight excluding hydrogens is 261 g/mol. The number of hydrogen-bond donors (Lipinski definition) is 1. The number of nitrogens with two attached hydrogens (primary N) is 1. The second-order valence-electron chi connectivity index (χ2n) is 3.16. The summed E-state index contributed by atoms with van der Waals surface area (Å²) in [5.74, 6) is 0.302. The molecule has 0 aliphatic rings. The third kappa shape index (κ3) is 2.11. The van der Waals surface area contributed by atoms with E-state index in [0.29, 0.717) is 11.3 Å². The molecule has 1 unspecified atom stereocenters. The molecule has 1 aromatic carbocycles. The van der Waals surface area contributed by atoms with Crippen LogP contribution in [0.3, 0.4) is 0 Å². The Morgan fingerprint density at radius 1 is 1.33 bits per heavy atom. The van der Waals surface area contributed by atoms with Crippen LogP contribution < -0.4 is 5.73 Å². The van der Waals surface area contributed by atoms with Gasteiger partial charge in [-0.15, -0.1) is 0 Å². The van der Waals surface area contributed by atoms with Crippen LogP contribution in [-0.2, 0) is 0 Å². The first kappa shape index (κ1) is 10.4. The number of benzene rings is 1. The van der Waals surface area contributed by atoms with Gasteiger partial charge in [-0.25, -0.2) is 4.39 Å². The van der Waals surface area contributed by atoms with Gasteiger partial charge in [-0.2, -0.15) is 0 Å². The van der Waals surface area contributed by atoms with Gasteiger partial charge in [0.25, 0.3) is 0 Å². The Kier molecular flexibility index (Phi) is 2.88. The van der Waals surface area contributed by atoms with Crippen molar-refractivity contribution >= 4 is 15.9 Å². The SMILES string of the molecule is NC(c1ccco1)c1cc(F)ccc1Br. The van der Waals surface area contributed by atoms with E-state index >= 15 is 0 Å². The van der Waals surface area contributed by atoms with Gasteiger partial charge in [-0.05, 0) is 35.9 Å². The topological polar surface area (TPSA) is 39.2 Å². The summed E-state index contributed by atoms with van der Waals surface area (Å²) >= 11 is 3.33. The second kappa shape index (κ2) is 4.16. The second-order valence-corrected chi connectivity index (χ2v) is 4.01. The van der Waals surface area contributed by atoms with Gasteiger partial charge in [0.05, 0.1) is 12.3 Å². The molecule has 0 amide bonds. The van der Waals surface area contributed by atoms with Crippen molar-refractivity contribution < 1.29 is 8.81 Å². The van der Waals surface area contributed by atoms with Gasteiger partial charge in [0.15, 0.2) is 0 Å². The largest absolute Gasteiger partial charge is 0.467 e. The highest BCUT2D eigenvalue weighted by Gasteiger charge is 2.15. The molecule has 0 saturated carbocycles. The van der Waals surface area contributed by atoms with Gasteiger partial charge < -0.3 is 10.2 Å². The summed E-state index contributed by atoms with van der Waals surface area (Å²) in [6, 6.07) is 7.47. The maximum absolute atomic E-state index is 13.0. The van der Waals surface area contributed by atoms with E-state index < -0.39 is 6.04 Å². The molecule has 0 aliphatic carbocycles. The number of halogens is 2. The van der Waals surface area contributed by atoms with E-state index in [1.54, 1.807) is 24.5 Å². The lowest BCUT2D eigenvalue weighted by Crippen LogP contribution is -2.11. The number of furan rings is 1. The quantitative estimate of drug-likeness (QED) is 0.909. The van der Waals surface area contributed by atoms with Crippen molar-refractivity contribution in [2.45, 2.75) is 6.04 Å². The molecule has 4 heteroatoms. The Morgan fingerprint density at radius 2 is 2.13 bits per heavy atom. The molecule has 2 N–H and O–H groups in total. The summed E-state index contributed by atoms with van der Waals surface area (Å²) in [7, 11) is 0. The average molecular weight is 270 g/mol. The minimum Gasteiger partial charge on any atom is -0.467 e. The fourth-order valence-electron chi connectivity index (χ4n) is 1.37. The van der Waals surface area contributed by atoms with Crippen LogP contribution in [0.4, 0.5) is 4.39 Å². The minimum atomic E-state index is -0.454. The van der Waals surface area contributed by atoms with Crippen LogP contribution in [0.5, 0.6) is 0 Å². The van der Waals surface area contributed by atoms with Crippen molar-refractivity contribution in [2.75, 3.05) is 0 Å². The Morgan fingerprint density at radius 3 is 2.80 bits per heavy atom. The Balaban J connectivity index is 2.41. The summed E-state index contributed by atoms with van der Waals surface area (Å²) in [4.78, 5) is 0. The van der Waals surface area contributed by atoms with Crippen molar-refractivity contribution in [1.29, 1.82) is 0 Å². The van der Waals surface area contributed by atoms with Crippen molar-refractivity contribution in [1.82, 2.24) is 0 Å². The first-order chi connectivity index (χ1) is 7.18. The molecule has 1 atom stereocenters. The molecule has 1 heterocycles. The van der Waals surface area contributed by atoms with Crippen LogP contribution in [0.15, 0.2) is 45.5 Å². The highest BCUT2D eigenvalue weighted by molar-refractivity contribution is 9.10. The monoisotopic (exact) mass is 269 g/mol. The summed E-state index contributed by atoms with van der Waals surface area (Å²) in [6.07, 6.45) is 1.54. The van der Waals surface area contributed by atoms with E-state index in [1.807, 2.05) is 0 Å². The van der Waals surface area contributed by atoms with Gasteiger partial charge in [0, 0.05) is 4.47 Å². The molecule has 0 saturated heterocycles. The lowest BCUT2D eigenvalue weighted by Gasteiger charge is -2.11. The number of hydrogen-bond acceptors (Lipinski definition) is 2. The van der Waals surface area contributed by atoms with Crippen LogP contribution in [0.1, 0.15) is 17.4 Å². The third-order valence-corrected chi connectivity index (χ3v) is 2.86. The minimum absolute atomic E-state index is 0.310. The molecule has 0 fully saturated rings. The third-order valence-electron chi connectivity index (χ3n) is 2.14. The smallest absolute Gasteiger partial charge is 0.125 e. The Labute approximate surface area is 95.0 Å². The Bertz CT molecular complexity index is 456. The van der Waals surface area contributed by atoms with Gasteiger partial charge in [-0.1, -0.05) is 15.9 Å². The van der Waals surface area contributed by atoms with Gasteiger partial charge >= 0.3 is 0 Å². The molecule has 2 nitrogen and oxygen atoms in total. The molecule has 0 spiro atoms. The summed E-state index contributed by atoms with van der Waals surface area (Å²) in [5, 5.41) is 0. The molecular formula is C11H9BrFNO. The lowest BCUT2D eigenvalue weighted by molar-refractivity contribution is 0.488. The van der Waals surface area contributed by atoms with Crippen LogP contribution in [0, 0.1) is 5.82 Å². The van der Waals surface area contributed by atoms with E-state index in [-0.39, 0.29) is 5.82 Å². The first-order valence-corrected chi connectivity index (χ1v) is 5.21. The van der Waals surface area contributed by atoms with Gasteiger partial charge in [0.2, 0.25) is 0 Å². The average Bonchev–Trinajstić information content (AvgIpc) is 2.74. The van der Waals surface area contributed by atoms with E-state index in [0.717, 1.165) is 4.47 Å². The van der Waals surface area contributed by atoms with Crippen molar-refractivity contribution in [3.63, 3.8) is 0 Å². The normalized spacial score (nSPS) is 12.7. The fraction of sp³-hybridized carbons (Fsp3) is 0.0909. The van der Waals surface area contributed by atoms with E-state index in [9.17, 15) is 4.39 Å². The van der Waals surface area contributed by atoms with E-state index in [1.165, 1.54) is 12.1 Å². The van der Waals surface area contributed by atoms with Crippen LogP contribution in [0.2, 0.25) is 0 Å². The van der Waals surface area contributed by atoms with Crippen molar-refractivity contribution in [2.24, 2.45) is 5.73 Å². The Hall–Kier alpha value is -1.13. The van der Waals surface area contributed by atoms with Gasteiger partial charge in [0.1, 0.15) is 11.6 Å². The molecule has 78 valence electrons. The van der Waals surface area contributed by atoms with Crippen molar-refractivity contribution in [3.05, 3.63) is 58.2 Å². The molecule has 2 rings (SSSR count). The van der Waals surface area contributed by atoms with Crippen LogP contribution in [0.25, 0.3) is 0 Å². The molecule has 2 aromatic rings. The molecule has 0 bridgehead atoms. The van der Waals surface area contributed by atoms with Crippen LogP contribution >= 0.6 is 15.9 Å². The molecule has 1 aromatic heterocycles. The standard InChI is InChI=1S/C11H9BrFNO/c12-9-4-3-7(13)6-8(9)11(14)10-2-1-5-15-10/h1-6,11H,14H2. The zero-order chi connectivity index (χ0) is 10.8. The molecule has 15 heavy (non-hydrogen) atoms. The maximum Gasteiger partial charge on any atom is 0.125 e. The summed E-state index contributed by atoms with van der Waals surface area (Å²) in [6.45, 7) is 0. The first-order valence-electron chi connectivity index (χ1n) is 4.42. The van der Waals surface area contributed by atoms with E-state index in [4.69, 9.17) is 10.2 Å². The van der Waals surface area contributed by atoms with Crippen molar-refractivity contribution in [3.8, 4) is 0 Å². The molecule has 0 aliphatic heterocycles. The predicted molar refractivity (Wildman–Crippen MR) is 58.8 cm³/mol. The predicted octanol–water partition coefficient (Wildman–Crippen LogP) is 3.23. The fourth-order valence-corrected chi connectivity index (χ4v) is 1.87. The van der Waals surface area contributed by atoms with Gasteiger partial charge in [-0.3, -0.25) is 0 Å². The lowest BCUT2D eigenvalue weighted by atomic mass is 10.1.